The molecule has 0 fully saturated rings. The summed E-state index contributed by atoms with van der Waals surface area (Å²) in [6, 6.07) is 8.11. The highest BCUT2D eigenvalue weighted by atomic mass is 16.6. The summed E-state index contributed by atoms with van der Waals surface area (Å²) in [5, 5.41) is 0. The van der Waals surface area contributed by atoms with Gasteiger partial charge in [0.15, 0.2) is 0 Å². The Bertz CT molecular complexity index is 424. The third-order valence-corrected chi connectivity index (χ3v) is 2.55. The Morgan fingerprint density at radius 1 is 1.32 bits per heavy atom. The first-order valence-corrected chi connectivity index (χ1v) is 6.54. The fourth-order valence-electron chi connectivity index (χ4n) is 1.73. The smallest absolute Gasteiger partial charge is 0.410 e. The Morgan fingerprint density at radius 2 is 1.95 bits per heavy atom. The normalized spacial score (nSPS) is 11.2. The van der Waals surface area contributed by atoms with Gasteiger partial charge in [0.2, 0.25) is 0 Å². The first-order valence-electron chi connectivity index (χ1n) is 6.54. The van der Waals surface area contributed by atoms with Crippen LogP contribution in [0.2, 0.25) is 0 Å². The minimum Gasteiger partial charge on any atom is -0.444 e. The van der Waals surface area contributed by atoms with Gasteiger partial charge in [-0.1, -0.05) is 24.3 Å². The predicted octanol–water partition coefficient (Wildman–Crippen LogP) is 2.55. The number of benzene rings is 1. The van der Waals surface area contributed by atoms with Crippen molar-refractivity contribution in [3.8, 4) is 0 Å². The highest BCUT2D eigenvalue weighted by molar-refractivity contribution is 5.67. The van der Waals surface area contributed by atoms with Crippen LogP contribution < -0.4 is 5.73 Å². The van der Waals surface area contributed by atoms with Gasteiger partial charge in [-0.2, -0.15) is 0 Å². The van der Waals surface area contributed by atoms with Crippen molar-refractivity contribution in [3.05, 3.63) is 35.4 Å². The molecule has 4 heteroatoms. The molecule has 0 aliphatic heterocycles. The lowest BCUT2D eigenvalue weighted by Crippen LogP contribution is -2.33. The Morgan fingerprint density at radius 3 is 2.53 bits per heavy atom. The molecule has 0 saturated carbocycles. The van der Waals surface area contributed by atoms with Crippen molar-refractivity contribution in [3.63, 3.8) is 0 Å². The molecule has 1 rings (SSSR count). The second-order valence-corrected chi connectivity index (χ2v) is 5.70. The summed E-state index contributed by atoms with van der Waals surface area (Å²) in [6.45, 7) is 6.75. The monoisotopic (exact) mass is 264 g/mol. The Labute approximate surface area is 115 Å². The first kappa shape index (κ1) is 15.5. The van der Waals surface area contributed by atoms with Crippen LogP contribution in [0.15, 0.2) is 24.3 Å². The van der Waals surface area contributed by atoms with Gasteiger partial charge in [0.1, 0.15) is 5.60 Å². The van der Waals surface area contributed by atoms with Gasteiger partial charge in [0.05, 0.1) is 0 Å². The van der Waals surface area contributed by atoms with Gasteiger partial charge in [-0.3, -0.25) is 0 Å². The van der Waals surface area contributed by atoms with E-state index in [1.807, 2.05) is 39.0 Å². The molecule has 1 aromatic rings. The highest BCUT2D eigenvalue weighted by Gasteiger charge is 2.19. The zero-order valence-electron chi connectivity index (χ0n) is 12.3. The van der Waals surface area contributed by atoms with Crippen LogP contribution in [-0.2, 0) is 17.7 Å². The van der Waals surface area contributed by atoms with Gasteiger partial charge >= 0.3 is 6.09 Å². The van der Waals surface area contributed by atoms with Gasteiger partial charge in [-0.05, 0) is 44.9 Å². The van der Waals surface area contributed by atoms with Gasteiger partial charge in [-0.15, -0.1) is 0 Å². The molecule has 0 radical (unpaired) electrons. The summed E-state index contributed by atoms with van der Waals surface area (Å²) in [7, 11) is 1.74. The van der Waals surface area contributed by atoms with E-state index in [1.54, 1.807) is 11.9 Å². The van der Waals surface area contributed by atoms with Gasteiger partial charge in [-0.25, -0.2) is 4.79 Å². The molecule has 0 aromatic heterocycles. The molecule has 4 nitrogen and oxygen atoms in total. The van der Waals surface area contributed by atoms with Crippen LogP contribution >= 0.6 is 0 Å². The Balaban J connectivity index is 2.63. The van der Waals surface area contributed by atoms with E-state index in [0.717, 1.165) is 12.0 Å². The van der Waals surface area contributed by atoms with E-state index in [1.165, 1.54) is 5.56 Å². The van der Waals surface area contributed by atoms with Crippen LogP contribution in [0.25, 0.3) is 0 Å². The molecule has 0 unspecified atom stereocenters. The van der Waals surface area contributed by atoms with E-state index < -0.39 is 5.60 Å². The van der Waals surface area contributed by atoms with Crippen LogP contribution in [0.1, 0.15) is 31.9 Å². The maximum atomic E-state index is 11.9. The molecule has 0 atom stereocenters. The molecule has 106 valence electrons. The molecule has 0 bridgehead atoms. The largest absolute Gasteiger partial charge is 0.444 e. The summed E-state index contributed by atoms with van der Waals surface area (Å²) in [5.41, 5.74) is 7.35. The number of nitrogens with zero attached hydrogens (tertiary/aromatic N) is 1. The lowest BCUT2D eigenvalue weighted by molar-refractivity contribution is 0.0285. The summed E-state index contributed by atoms with van der Waals surface area (Å²) >= 11 is 0. The molecule has 2 N–H and O–H groups in total. The maximum Gasteiger partial charge on any atom is 0.410 e. The van der Waals surface area contributed by atoms with Crippen molar-refractivity contribution < 1.29 is 9.53 Å². The zero-order chi connectivity index (χ0) is 14.5. The third kappa shape index (κ3) is 5.75. The van der Waals surface area contributed by atoms with Gasteiger partial charge < -0.3 is 15.4 Å². The maximum absolute atomic E-state index is 11.9. The van der Waals surface area contributed by atoms with Crippen molar-refractivity contribution >= 4 is 6.09 Å². The van der Waals surface area contributed by atoms with Crippen LogP contribution in [0.4, 0.5) is 4.79 Å². The summed E-state index contributed by atoms with van der Waals surface area (Å²) in [4.78, 5) is 13.4. The molecule has 0 saturated heterocycles. The molecule has 0 spiro atoms. The van der Waals surface area contributed by atoms with Gasteiger partial charge in [0, 0.05) is 13.6 Å². The lowest BCUT2D eigenvalue weighted by Gasteiger charge is -2.24. The fourth-order valence-corrected chi connectivity index (χ4v) is 1.73. The zero-order valence-corrected chi connectivity index (χ0v) is 12.3. The Kier molecular flexibility index (Phi) is 5.36. The summed E-state index contributed by atoms with van der Waals surface area (Å²) in [6.07, 6.45) is 0.543. The molecule has 0 heterocycles. The second-order valence-electron chi connectivity index (χ2n) is 5.70. The average molecular weight is 264 g/mol. The van der Waals surface area contributed by atoms with E-state index in [-0.39, 0.29) is 6.09 Å². The standard InChI is InChI=1S/C15H24N2O2/c1-15(2,3)19-14(18)17(4)11-13-7-5-6-12(10-13)8-9-16/h5-7,10H,8-9,11,16H2,1-4H3. The Hall–Kier alpha value is -1.55. The van der Waals surface area contributed by atoms with Crippen LogP contribution in [0.3, 0.4) is 0 Å². The lowest BCUT2D eigenvalue weighted by atomic mass is 10.1. The van der Waals surface area contributed by atoms with E-state index in [4.69, 9.17) is 10.5 Å². The minimum absolute atomic E-state index is 0.309. The highest BCUT2D eigenvalue weighted by Crippen LogP contribution is 2.12. The minimum atomic E-state index is -0.466. The molecule has 0 aliphatic rings. The number of ether oxygens (including phenoxy) is 1. The quantitative estimate of drug-likeness (QED) is 0.909. The van der Waals surface area contributed by atoms with Crippen molar-refractivity contribution in [1.29, 1.82) is 0 Å². The topological polar surface area (TPSA) is 55.6 Å². The van der Waals surface area contributed by atoms with Crippen molar-refractivity contribution in [1.82, 2.24) is 4.90 Å². The molecular weight excluding hydrogens is 240 g/mol. The molecule has 1 aromatic carbocycles. The number of amides is 1. The predicted molar refractivity (Wildman–Crippen MR) is 76.9 cm³/mol. The number of hydrogen-bond acceptors (Lipinski definition) is 3. The molecule has 19 heavy (non-hydrogen) atoms. The van der Waals surface area contributed by atoms with Crippen LogP contribution in [0, 0.1) is 0 Å². The van der Waals surface area contributed by atoms with Crippen molar-refractivity contribution in [2.24, 2.45) is 5.73 Å². The van der Waals surface area contributed by atoms with E-state index >= 15 is 0 Å². The van der Waals surface area contributed by atoms with E-state index in [0.29, 0.717) is 13.1 Å². The van der Waals surface area contributed by atoms with E-state index in [2.05, 4.69) is 6.07 Å². The second kappa shape index (κ2) is 6.57. The van der Waals surface area contributed by atoms with Crippen molar-refractivity contribution in [2.45, 2.75) is 39.3 Å². The number of rotatable bonds is 4. The van der Waals surface area contributed by atoms with Crippen molar-refractivity contribution in [2.75, 3.05) is 13.6 Å². The molecule has 1 amide bonds. The number of carbonyl (C=O) groups is 1. The number of hydrogen-bond donors (Lipinski definition) is 1. The average Bonchev–Trinajstić information content (AvgIpc) is 2.27. The number of carbonyl (C=O) groups excluding carboxylic acids is 1. The number of nitrogens with two attached hydrogens (primary N) is 1. The summed E-state index contributed by atoms with van der Waals surface area (Å²) in [5.74, 6) is 0. The third-order valence-electron chi connectivity index (χ3n) is 2.55. The molecular formula is C15H24N2O2. The van der Waals surface area contributed by atoms with Gasteiger partial charge in [0.25, 0.3) is 0 Å². The van der Waals surface area contributed by atoms with Crippen LogP contribution in [0.5, 0.6) is 0 Å². The SMILES string of the molecule is CN(Cc1cccc(CCN)c1)C(=O)OC(C)(C)C. The van der Waals surface area contributed by atoms with Crippen LogP contribution in [-0.4, -0.2) is 30.2 Å². The first-order chi connectivity index (χ1) is 8.81. The molecule has 0 aliphatic carbocycles. The summed E-state index contributed by atoms with van der Waals surface area (Å²) < 4.78 is 5.32. The fraction of sp³-hybridized carbons (Fsp3) is 0.533. The van der Waals surface area contributed by atoms with E-state index in [9.17, 15) is 4.79 Å².